The summed E-state index contributed by atoms with van der Waals surface area (Å²) in [4.78, 5) is 0. The van der Waals surface area contributed by atoms with E-state index in [0.717, 1.165) is 12.3 Å². The van der Waals surface area contributed by atoms with Crippen molar-refractivity contribution < 1.29 is 4.74 Å². The quantitative estimate of drug-likeness (QED) is 0.742. The fourth-order valence-electron chi connectivity index (χ4n) is 1.61. The molecule has 3 heteroatoms. The molecule has 1 aromatic rings. The predicted octanol–water partition coefficient (Wildman–Crippen LogP) is 1.35. The Balaban J connectivity index is 2.77. The molecule has 1 atom stereocenters. The highest BCUT2D eigenvalue weighted by Gasteiger charge is 2.08. The Kier molecular flexibility index (Phi) is 5.15. The SMILES string of the molecule is CCOc1cccc(C(CN)CNC)c1. The molecule has 0 saturated carbocycles. The van der Waals surface area contributed by atoms with E-state index >= 15 is 0 Å². The molecular formula is C12H20N2O. The topological polar surface area (TPSA) is 47.3 Å². The molecule has 0 saturated heterocycles. The lowest BCUT2D eigenvalue weighted by atomic mass is 9.99. The van der Waals surface area contributed by atoms with Crippen molar-refractivity contribution in [1.29, 1.82) is 0 Å². The normalized spacial score (nSPS) is 12.5. The van der Waals surface area contributed by atoms with Gasteiger partial charge in [0.25, 0.3) is 0 Å². The van der Waals surface area contributed by atoms with Crippen molar-refractivity contribution in [2.24, 2.45) is 5.73 Å². The van der Waals surface area contributed by atoms with Crippen LogP contribution < -0.4 is 15.8 Å². The van der Waals surface area contributed by atoms with E-state index in [1.165, 1.54) is 5.56 Å². The van der Waals surface area contributed by atoms with Crippen LogP contribution in [0.3, 0.4) is 0 Å². The Morgan fingerprint density at radius 3 is 2.87 bits per heavy atom. The standard InChI is InChI=1S/C12H20N2O/c1-3-15-12-6-4-5-10(7-12)11(8-13)9-14-2/h4-7,11,14H,3,8-9,13H2,1-2H3. The third kappa shape index (κ3) is 3.53. The van der Waals surface area contributed by atoms with Crippen molar-refractivity contribution in [3.63, 3.8) is 0 Å². The first-order valence-corrected chi connectivity index (χ1v) is 5.39. The molecule has 1 aromatic carbocycles. The molecule has 3 nitrogen and oxygen atoms in total. The van der Waals surface area contributed by atoms with Crippen molar-refractivity contribution >= 4 is 0 Å². The van der Waals surface area contributed by atoms with Crippen LogP contribution in [0.5, 0.6) is 5.75 Å². The van der Waals surface area contributed by atoms with Gasteiger partial charge in [-0.05, 0) is 31.7 Å². The lowest BCUT2D eigenvalue weighted by Crippen LogP contribution is -2.23. The summed E-state index contributed by atoms with van der Waals surface area (Å²) in [6, 6.07) is 8.15. The van der Waals surface area contributed by atoms with Crippen LogP contribution in [0.25, 0.3) is 0 Å². The van der Waals surface area contributed by atoms with Crippen LogP contribution in [0.2, 0.25) is 0 Å². The summed E-state index contributed by atoms with van der Waals surface area (Å²) in [5.41, 5.74) is 6.97. The van der Waals surface area contributed by atoms with Crippen LogP contribution in [-0.2, 0) is 0 Å². The lowest BCUT2D eigenvalue weighted by molar-refractivity contribution is 0.339. The molecule has 0 aliphatic heterocycles. The lowest BCUT2D eigenvalue weighted by Gasteiger charge is -2.15. The summed E-state index contributed by atoms with van der Waals surface area (Å²) >= 11 is 0. The van der Waals surface area contributed by atoms with Crippen molar-refractivity contribution in [2.75, 3.05) is 26.7 Å². The molecule has 84 valence electrons. The molecule has 0 amide bonds. The zero-order valence-corrected chi connectivity index (χ0v) is 9.49. The van der Waals surface area contributed by atoms with Gasteiger partial charge < -0.3 is 15.8 Å². The first-order valence-electron chi connectivity index (χ1n) is 5.39. The third-order valence-corrected chi connectivity index (χ3v) is 2.38. The minimum absolute atomic E-state index is 0.357. The summed E-state index contributed by atoms with van der Waals surface area (Å²) in [5.74, 6) is 1.28. The second-order valence-electron chi connectivity index (χ2n) is 3.50. The summed E-state index contributed by atoms with van der Waals surface area (Å²) in [7, 11) is 1.94. The van der Waals surface area contributed by atoms with Gasteiger partial charge in [-0.2, -0.15) is 0 Å². The van der Waals surface area contributed by atoms with E-state index in [9.17, 15) is 0 Å². The first kappa shape index (κ1) is 12.0. The molecule has 0 aliphatic carbocycles. The Hall–Kier alpha value is -1.06. The van der Waals surface area contributed by atoms with Crippen LogP contribution in [0.15, 0.2) is 24.3 Å². The van der Waals surface area contributed by atoms with Gasteiger partial charge >= 0.3 is 0 Å². The predicted molar refractivity (Wildman–Crippen MR) is 63.3 cm³/mol. The molecule has 3 N–H and O–H groups in total. The Morgan fingerprint density at radius 2 is 2.27 bits per heavy atom. The summed E-state index contributed by atoms with van der Waals surface area (Å²) in [5, 5.41) is 3.15. The number of likely N-dealkylation sites (N-methyl/N-ethyl adjacent to an activating group) is 1. The summed E-state index contributed by atoms with van der Waals surface area (Å²) in [6.45, 7) is 4.23. The monoisotopic (exact) mass is 208 g/mol. The molecule has 0 bridgehead atoms. The number of nitrogens with two attached hydrogens (primary N) is 1. The van der Waals surface area contributed by atoms with Crippen molar-refractivity contribution in [3.05, 3.63) is 29.8 Å². The average molecular weight is 208 g/mol. The van der Waals surface area contributed by atoms with E-state index in [1.54, 1.807) is 0 Å². The number of nitrogens with one attached hydrogen (secondary N) is 1. The first-order chi connectivity index (χ1) is 7.31. The van der Waals surface area contributed by atoms with Gasteiger partial charge in [0.1, 0.15) is 5.75 Å². The van der Waals surface area contributed by atoms with Gasteiger partial charge in [0.15, 0.2) is 0 Å². The molecular weight excluding hydrogens is 188 g/mol. The van der Waals surface area contributed by atoms with E-state index < -0.39 is 0 Å². The van der Waals surface area contributed by atoms with Gasteiger partial charge in [0.05, 0.1) is 6.61 Å². The highest BCUT2D eigenvalue weighted by molar-refractivity contribution is 5.31. The summed E-state index contributed by atoms with van der Waals surface area (Å²) < 4.78 is 5.46. The maximum absolute atomic E-state index is 5.73. The molecule has 0 aromatic heterocycles. The van der Waals surface area contributed by atoms with Crippen LogP contribution in [0.1, 0.15) is 18.4 Å². The Bertz CT molecular complexity index is 289. The Labute approximate surface area is 91.6 Å². The smallest absolute Gasteiger partial charge is 0.119 e. The fourth-order valence-corrected chi connectivity index (χ4v) is 1.61. The van der Waals surface area contributed by atoms with E-state index in [2.05, 4.69) is 17.4 Å². The van der Waals surface area contributed by atoms with E-state index in [4.69, 9.17) is 10.5 Å². The zero-order chi connectivity index (χ0) is 11.1. The van der Waals surface area contributed by atoms with Gasteiger partial charge in [0, 0.05) is 19.0 Å². The number of hydrogen-bond acceptors (Lipinski definition) is 3. The molecule has 0 fully saturated rings. The number of ether oxygens (including phenoxy) is 1. The van der Waals surface area contributed by atoms with Crippen LogP contribution in [0, 0.1) is 0 Å². The number of rotatable bonds is 6. The van der Waals surface area contributed by atoms with Crippen LogP contribution in [-0.4, -0.2) is 26.7 Å². The molecule has 15 heavy (non-hydrogen) atoms. The van der Waals surface area contributed by atoms with Gasteiger partial charge in [-0.25, -0.2) is 0 Å². The zero-order valence-electron chi connectivity index (χ0n) is 9.49. The maximum atomic E-state index is 5.73. The van der Waals surface area contributed by atoms with Crippen molar-refractivity contribution in [1.82, 2.24) is 5.32 Å². The fraction of sp³-hybridized carbons (Fsp3) is 0.500. The second-order valence-corrected chi connectivity index (χ2v) is 3.50. The minimum atomic E-state index is 0.357. The molecule has 1 unspecified atom stereocenters. The Morgan fingerprint density at radius 1 is 1.47 bits per heavy atom. The highest BCUT2D eigenvalue weighted by atomic mass is 16.5. The molecule has 0 spiro atoms. The van der Waals surface area contributed by atoms with Gasteiger partial charge in [-0.15, -0.1) is 0 Å². The number of hydrogen-bond donors (Lipinski definition) is 2. The van der Waals surface area contributed by atoms with Gasteiger partial charge in [0.2, 0.25) is 0 Å². The number of benzene rings is 1. The van der Waals surface area contributed by atoms with Crippen LogP contribution >= 0.6 is 0 Å². The van der Waals surface area contributed by atoms with Gasteiger partial charge in [-0.1, -0.05) is 12.1 Å². The molecule has 1 rings (SSSR count). The average Bonchev–Trinajstić information content (AvgIpc) is 2.27. The highest BCUT2D eigenvalue weighted by Crippen LogP contribution is 2.19. The van der Waals surface area contributed by atoms with E-state index in [1.807, 2.05) is 26.1 Å². The maximum Gasteiger partial charge on any atom is 0.119 e. The van der Waals surface area contributed by atoms with E-state index in [-0.39, 0.29) is 0 Å². The van der Waals surface area contributed by atoms with E-state index in [0.29, 0.717) is 19.1 Å². The van der Waals surface area contributed by atoms with Crippen molar-refractivity contribution in [2.45, 2.75) is 12.8 Å². The van der Waals surface area contributed by atoms with Crippen LogP contribution in [0.4, 0.5) is 0 Å². The van der Waals surface area contributed by atoms with Crippen molar-refractivity contribution in [3.8, 4) is 5.75 Å². The second kappa shape index (κ2) is 6.43. The molecule has 0 radical (unpaired) electrons. The third-order valence-electron chi connectivity index (χ3n) is 2.38. The van der Waals surface area contributed by atoms with Gasteiger partial charge in [-0.3, -0.25) is 0 Å². The largest absolute Gasteiger partial charge is 0.494 e. The molecule has 0 heterocycles. The minimum Gasteiger partial charge on any atom is -0.494 e. The summed E-state index contributed by atoms with van der Waals surface area (Å²) in [6.07, 6.45) is 0. The molecule has 0 aliphatic rings.